The molecule has 35 heavy (non-hydrogen) atoms. The van der Waals surface area contributed by atoms with Crippen molar-refractivity contribution < 1.29 is 4.79 Å². The van der Waals surface area contributed by atoms with E-state index in [1.165, 1.54) is 23.0 Å². The molecule has 3 aromatic rings. The lowest BCUT2D eigenvalue weighted by Crippen LogP contribution is -2.19. The van der Waals surface area contributed by atoms with Gasteiger partial charge in [-0.05, 0) is 91.3 Å². The highest BCUT2D eigenvalue weighted by Gasteiger charge is 2.23. The topological polar surface area (TPSA) is 56.7 Å². The first-order chi connectivity index (χ1) is 16.9. The number of hydrazone groups is 1. The fraction of sp³-hybridized carbons (Fsp3) is 0.214. The van der Waals surface area contributed by atoms with Crippen LogP contribution in [-0.2, 0) is 11.2 Å². The van der Waals surface area contributed by atoms with Crippen LogP contribution in [0.1, 0.15) is 38.3 Å². The second-order valence-corrected chi connectivity index (χ2v) is 10.1. The monoisotopic (exact) mass is 504 g/mol. The van der Waals surface area contributed by atoms with Gasteiger partial charge in [0.2, 0.25) is 5.91 Å². The standard InChI is InChI=1S/C28H29ClN4OS/c1-5-35-24-13-11-23(12-14-24)33(30-4)28-18(2)6-7-20-8-9-21(16-25(20)28)32-27-17-22(31-19(3)34)10-15-26(27)29/h8-17,32H,4-7H2,1-3H3,(H,31,34). The highest BCUT2D eigenvalue weighted by molar-refractivity contribution is 7.99. The molecule has 1 amide bonds. The molecule has 3 aromatic carbocycles. The summed E-state index contributed by atoms with van der Waals surface area (Å²) in [7, 11) is 0. The van der Waals surface area contributed by atoms with Gasteiger partial charge < -0.3 is 10.6 Å². The van der Waals surface area contributed by atoms with E-state index < -0.39 is 0 Å². The molecule has 180 valence electrons. The fourth-order valence-electron chi connectivity index (χ4n) is 4.25. The van der Waals surface area contributed by atoms with Crippen LogP contribution >= 0.6 is 23.4 Å². The van der Waals surface area contributed by atoms with E-state index in [-0.39, 0.29) is 5.91 Å². The third-order valence-corrected chi connectivity index (χ3v) is 7.07. The number of anilines is 4. The predicted molar refractivity (Wildman–Crippen MR) is 151 cm³/mol. The summed E-state index contributed by atoms with van der Waals surface area (Å²) in [5.74, 6) is 0.907. The van der Waals surface area contributed by atoms with Gasteiger partial charge in [0, 0.05) is 35.5 Å². The quantitative estimate of drug-likeness (QED) is 0.185. The van der Waals surface area contributed by atoms with Crippen molar-refractivity contribution in [3.8, 4) is 0 Å². The number of hydrogen-bond donors (Lipinski definition) is 2. The number of allylic oxidation sites excluding steroid dienone is 1. The van der Waals surface area contributed by atoms with Crippen LogP contribution in [0.25, 0.3) is 5.70 Å². The number of fused-ring (bicyclic) bond motifs is 1. The van der Waals surface area contributed by atoms with Crippen molar-refractivity contribution in [2.45, 2.75) is 38.5 Å². The molecule has 0 aliphatic heterocycles. The van der Waals surface area contributed by atoms with Gasteiger partial charge in [-0.15, -0.1) is 11.8 Å². The SMILES string of the molecule is C=NN(C1=C(C)CCc2ccc(Nc3cc(NC(C)=O)ccc3Cl)cc21)c1ccc(SCC)cc1. The predicted octanol–water partition coefficient (Wildman–Crippen LogP) is 7.95. The van der Waals surface area contributed by atoms with Gasteiger partial charge in [0.1, 0.15) is 0 Å². The summed E-state index contributed by atoms with van der Waals surface area (Å²) >= 11 is 8.27. The summed E-state index contributed by atoms with van der Waals surface area (Å²) in [6, 6.07) is 20.2. The molecule has 0 unspecified atom stereocenters. The minimum absolute atomic E-state index is 0.129. The number of hydrogen-bond acceptors (Lipinski definition) is 5. The number of carbonyl (C=O) groups excluding carboxylic acids is 1. The van der Waals surface area contributed by atoms with Crippen LogP contribution in [0, 0.1) is 0 Å². The van der Waals surface area contributed by atoms with E-state index in [1.54, 1.807) is 12.1 Å². The van der Waals surface area contributed by atoms with E-state index in [2.05, 4.69) is 78.8 Å². The van der Waals surface area contributed by atoms with Crippen molar-refractivity contribution in [3.05, 3.63) is 82.4 Å². The lowest BCUT2D eigenvalue weighted by molar-refractivity contribution is -0.114. The summed E-state index contributed by atoms with van der Waals surface area (Å²) < 4.78 is 0. The number of halogens is 1. The number of nitrogens with one attached hydrogen (secondary N) is 2. The third kappa shape index (κ3) is 5.72. The van der Waals surface area contributed by atoms with Crippen molar-refractivity contribution >= 4 is 64.4 Å². The lowest BCUT2D eigenvalue weighted by atomic mass is 9.89. The number of carbonyl (C=O) groups is 1. The van der Waals surface area contributed by atoms with E-state index in [1.807, 2.05) is 22.8 Å². The highest BCUT2D eigenvalue weighted by Crippen LogP contribution is 2.39. The second-order valence-electron chi connectivity index (χ2n) is 8.38. The molecular formula is C28H29ClN4OS. The second kappa shape index (κ2) is 11.0. The molecule has 7 heteroatoms. The summed E-state index contributed by atoms with van der Waals surface area (Å²) in [5, 5.41) is 13.1. The molecule has 1 aliphatic carbocycles. The Morgan fingerprint density at radius 3 is 2.51 bits per heavy atom. The van der Waals surface area contributed by atoms with Crippen molar-refractivity contribution in [1.29, 1.82) is 0 Å². The average molecular weight is 505 g/mol. The van der Waals surface area contributed by atoms with Gasteiger partial charge in [-0.25, -0.2) is 5.01 Å². The van der Waals surface area contributed by atoms with Gasteiger partial charge in [0.05, 0.1) is 22.1 Å². The summed E-state index contributed by atoms with van der Waals surface area (Å²) in [6.45, 7) is 9.68. The van der Waals surface area contributed by atoms with Gasteiger partial charge in [0.15, 0.2) is 0 Å². The van der Waals surface area contributed by atoms with E-state index in [0.717, 1.165) is 46.9 Å². The van der Waals surface area contributed by atoms with Crippen LogP contribution in [0.5, 0.6) is 0 Å². The van der Waals surface area contributed by atoms with E-state index >= 15 is 0 Å². The van der Waals surface area contributed by atoms with E-state index in [4.69, 9.17) is 11.6 Å². The van der Waals surface area contributed by atoms with Crippen molar-refractivity contribution in [2.24, 2.45) is 5.10 Å². The summed E-state index contributed by atoms with van der Waals surface area (Å²) in [4.78, 5) is 12.7. The van der Waals surface area contributed by atoms with E-state index in [9.17, 15) is 4.79 Å². The first-order valence-corrected chi connectivity index (χ1v) is 12.9. The molecule has 4 rings (SSSR count). The molecule has 0 aromatic heterocycles. The molecule has 2 N–H and O–H groups in total. The minimum atomic E-state index is -0.129. The molecule has 0 radical (unpaired) electrons. The van der Waals surface area contributed by atoms with Crippen molar-refractivity contribution in [3.63, 3.8) is 0 Å². The Bertz CT molecular complexity index is 1290. The van der Waals surface area contributed by atoms with E-state index in [0.29, 0.717) is 10.7 Å². The third-order valence-electron chi connectivity index (χ3n) is 5.85. The molecule has 5 nitrogen and oxygen atoms in total. The smallest absolute Gasteiger partial charge is 0.221 e. The Morgan fingerprint density at radius 1 is 1.09 bits per heavy atom. The molecule has 0 spiro atoms. The van der Waals surface area contributed by atoms with Gasteiger partial charge >= 0.3 is 0 Å². The first-order valence-electron chi connectivity index (χ1n) is 11.6. The minimum Gasteiger partial charge on any atom is -0.354 e. The maximum Gasteiger partial charge on any atom is 0.221 e. The number of aryl methyl sites for hydroxylation is 1. The van der Waals surface area contributed by atoms with Crippen LogP contribution in [0.2, 0.25) is 5.02 Å². The Labute approximate surface area is 216 Å². The Balaban J connectivity index is 1.69. The maximum atomic E-state index is 11.5. The fourth-order valence-corrected chi connectivity index (χ4v) is 5.07. The summed E-state index contributed by atoms with van der Waals surface area (Å²) in [5.41, 5.74) is 7.99. The van der Waals surface area contributed by atoms with Crippen LogP contribution in [0.4, 0.5) is 22.7 Å². The molecule has 0 saturated carbocycles. The lowest BCUT2D eigenvalue weighted by Gasteiger charge is -2.30. The molecule has 0 fully saturated rings. The molecule has 1 aliphatic rings. The van der Waals surface area contributed by atoms with Gasteiger partial charge in [0.25, 0.3) is 0 Å². The largest absolute Gasteiger partial charge is 0.354 e. The average Bonchev–Trinajstić information content (AvgIpc) is 2.84. The van der Waals surface area contributed by atoms with Crippen molar-refractivity contribution in [1.82, 2.24) is 0 Å². The number of benzene rings is 3. The Kier molecular flexibility index (Phi) is 7.83. The van der Waals surface area contributed by atoms with Crippen LogP contribution in [0.15, 0.2) is 76.2 Å². The summed E-state index contributed by atoms with van der Waals surface area (Å²) in [6.07, 6.45) is 1.94. The number of nitrogens with zero attached hydrogens (tertiary/aromatic N) is 2. The number of rotatable bonds is 8. The first kappa shape index (κ1) is 24.9. The number of amides is 1. The molecule has 0 saturated heterocycles. The van der Waals surface area contributed by atoms with Crippen LogP contribution in [-0.4, -0.2) is 18.4 Å². The van der Waals surface area contributed by atoms with Gasteiger partial charge in [-0.1, -0.05) is 24.6 Å². The zero-order valence-corrected chi connectivity index (χ0v) is 21.8. The molecule has 0 atom stereocenters. The van der Waals surface area contributed by atoms with Crippen LogP contribution < -0.4 is 15.6 Å². The normalized spacial score (nSPS) is 12.7. The Morgan fingerprint density at radius 2 is 1.83 bits per heavy atom. The zero-order chi connectivity index (χ0) is 24.9. The zero-order valence-electron chi connectivity index (χ0n) is 20.2. The van der Waals surface area contributed by atoms with Crippen LogP contribution in [0.3, 0.4) is 0 Å². The number of thioether (sulfide) groups is 1. The Hall–Kier alpha value is -3.22. The molecule has 0 bridgehead atoms. The molecule has 0 heterocycles. The van der Waals surface area contributed by atoms with Crippen molar-refractivity contribution in [2.75, 3.05) is 21.4 Å². The molecular weight excluding hydrogens is 476 g/mol. The highest BCUT2D eigenvalue weighted by atomic mass is 35.5. The van der Waals surface area contributed by atoms with Gasteiger partial charge in [-0.2, -0.15) is 5.10 Å². The van der Waals surface area contributed by atoms with Gasteiger partial charge in [-0.3, -0.25) is 4.79 Å². The maximum absolute atomic E-state index is 11.5.